The summed E-state index contributed by atoms with van der Waals surface area (Å²) in [5.74, 6) is -0.722. The molecule has 0 spiro atoms. The molecular formula is C26H30N4O7S2. The minimum absolute atomic E-state index is 0.0313. The number of carboxylic acid groups (broad SMARTS) is 1. The van der Waals surface area contributed by atoms with Gasteiger partial charge < -0.3 is 9.84 Å². The van der Waals surface area contributed by atoms with E-state index >= 15 is 0 Å². The van der Waals surface area contributed by atoms with Crippen LogP contribution in [0.1, 0.15) is 5.56 Å². The second-order valence-electron chi connectivity index (χ2n) is 9.08. The minimum Gasteiger partial charge on any atom is -0.489 e. The van der Waals surface area contributed by atoms with Crippen LogP contribution in [0.15, 0.2) is 77.8 Å². The lowest BCUT2D eigenvalue weighted by Crippen LogP contribution is -2.56. The molecule has 11 nitrogen and oxygen atoms in total. The topological polar surface area (TPSA) is 146 Å². The van der Waals surface area contributed by atoms with Gasteiger partial charge in [-0.05, 0) is 42.0 Å². The summed E-state index contributed by atoms with van der Waals surface area (Å²) in [5, 5.41) is 9.66. The first-order valence-electron chi connectivity index (χ1n) is 12.2. The summed E-state index contributed by atoms with van der Waals surface area (Å²) >= 11 is 0. The van der Waals surface area contributed by atoms with Crippen molar-refractivity contribution in [3.63, 3.8) is 0 Å². The van der Waals surface area contributed by atoms with Crippen LogP contribution < -0.4 is 9.46 Å². The molecular weight excluding hydrogens is 544 g/mol. The van der Waals surface area contributed by atoms with Gasteiger partial charge >= 0.3 is 5.97 Å². The van der Waals surface area contributed by atoms with E-state index in [1.54, 1.807) is 11.1 Å². The Morgan fingerprint density at radius 3 is 2.28 bits per heavy atom. The molecule has 208 valence electrons. The Morgan fingerprint density at radius 1 is 1.00 bits per heavy atom. The molecule has 1 aromatic heterocycles. The smallest absolute Gasteiger partial charge is 0.322 e. The zero-order valence-electron chi connectivity index (χ0n) is 21.3. The van der Waals surface area contributed by atoms with Crippen molar-refractivity contribution in [3.8, 4) is 17.0 Å². The highest BCUT2D eigenvalue weighted by Crippen LogP contribution is 2.20. The zero-order chi connectivity index (χ0) is 28.0. The Balaban J connectivity index is 1.33. The number of hydrogen-bond acceptors (Lipinski definition) is 8. The van der Waals surface area contributed by atoms with E-state index in [0.29, 0.717) is 5.75 Å². The molecule has 4 rings (SSSR count). The maximum Gasteiger partial charge on any atom is 0.322 e. The third-order valence-electron chi connectivity index (χ3n) is 6.37. The maximum absolute atomic E-state index is 12.8. The van der Waals surface area contributed by atoms with Crippen LogP contribution in [0.3, 0.4) is 0 Å². The Kier molecular flexibility index (Phi) is 8.97. The van der Waals surface area contributed by atoms with Gasteiger partial charge in [0.15, 0.2) is 0 Å². The van der Waals surface area contributed by atoms with E-state index in [1.807, 2.05) is 42.5 Å². The summed E-state index contributed by atoms with van der Waals surface area (Å²) in [6, 6.07) is 18.2. The molecule has 1 aliphatic rings. The summed E-state index contributed by atoms with van der Waals surface area (Å²) in [7, 11) is -7.36. The molecule has 0 bridgehead atoms. The quantitative estimate of drug-likeness (QED) is 0.349. The predicted octanol–water partition coefficient (Wildman–Crippen LogP) is 1.64. The van der Waals surface area contributed by atoms with Crippen LogP contribution in [-0.4, -0.2) is 87.1 Å². The van der Waals surface area contributed by atoms with Crippen LogP contribution in [0.25, 0.3) is 11.3 Å². The van der Waals surface area contributed by atoms with Crippen LogP contribution in [0.2, 0.25) is 0 Å². The van der Waals surface area contributed by atoms with Crippen molar-refractivity contribution in [2.24, 2.45) is 0 Å². The molecule has 2 N–H and O–H groups in total. The molecule has 0 radical (unpaired) electrons. The second kappa shape index (κ2) is 12.2. The molecule has 1 fully saturated rings. The van der Waals surface area contributed by atoms with Gasteiger partial charge in [0.05, 0.1) is 16.8 Å². The summed E-state index contributed by atoms with van der Waals surface area (Å²) in [6.45, 7) is 0.554. The SMILES string of the molecule is CS(=O)(=O)N1CCN([C@@H](CNS(=O)(=O)c2ccc(OCc3ccnc(-c4ccccc4)c3)cc2)C(=O)O)CC1. The van der Waals surface area contributed by atoms with Gasteiger partial charge in [-0.25, -0.2) is 21.6 Å². The number of carbonyl (C=O) groups is 1. The highest BCUT2D eigenvalue weighted by molar-refractivity contribution is 7.89. The zero-order valence-corrected chi connectivity index (χ0v) is 22.9. The number of carboxylic acids is 1. The molecule has 0 unspecified atom stereocenters. The highest BCUT2D eigenvalue weighted by Gasteiger charge is 2.32. The van der Waals surface area contributed by atoms with Gasteiger partial charge in [0.25, 0.3) is 0 Å². The van der Waals surface area contributed by atoms with Crippen LogP contribution in [-0.2, 0) is 31.4 Å². The summed E-state index contributed by atoms with van der Waals surface area (Å²) in [4.78, 5) is 17.8. The molecule has 3 aromatic rings. The number of ether oxygens (including phenoxy) is 1. The minimum atomic E-state index is -3.99. The second-order valence-corrected chi connectivity index (χ2v) is 12.8. The van der Waals surface area contributed by atoms with Crippen molar-refractivity contribution in [2.45, 2.75) is 17.5 Å². The summed E-state index contributed by atoms with van der Waals surface area (Å²) in [6.07, 6.45) is 2.81. The molecule has 2 heterocycles. The molecule has 39 heavy (non-hydrogen) atoms. The van der Waals surface area contributed by atoms with E-state index in [1.165, 1.54) is 28.6 Å². The number of piperazine rings is 1. The van der Waals surface area contributed by atoms with E-state index in [4.69, 9.17) is 4.74 Å². The number of hydrogen-bond donors (Lipinski definition) is 2. The molecule has 1 aliphatic heterocycles. The van der Waals surface area contributed by atoms with E-state index in [0.717, 1.165) is 23.1 Å². The third-order valence-corrected chi connectivity index (χ3v) is 9.11. The van der Waals surface area contributed by atoms with E-state index in [-0.39, 0.29) is 44.2 Å². The van der Waals surface area contributed by atoms with Crippen molar-refractivity contribution in [3.05, 3.63) is 78.5 Å². The molecule has 2 aromatic carbocycles. The molecule has 0 aliphatic carbocycles. The van der Waals surface area contributed by atoms with Gasteiger partial charge in [-0.1, -0.05) is 30.3 Å². The molecule has 1 atom stereocenters. The maximum atomic E-state index is 12.8. The fourth-order valence-corrected chi connectivity index (χ4v) is 6.07. The van der Waals surface area contributed by atoms with Crippen LogP contribution >= 0.6 is 0 Å². The van der Waals surface area contributed by atoms with Crippen LogP contribution in [0.5, 0.6) is 5.75 Å². The Labute approximate surface area is 228 Å². The van der Waals surface area contributed by atoms with Gasteiger partial charge in [0.2, 0.25) is 20.0 Å². The molecule has 0 amide bonds. The Bertz CT molecular complexity index is 1490. The first-order chi connectivity index (χ1) is 18.5. The molecule has 0 saturated carbocycles. The largest absolute Gasteiger partial charge is 0.489 e. The van der Waals surface area contributed by atoms with Gasteiger partial charge in [-0.2, -0.15) is 4.31 Å². The van der Waals surface area contributed by atoms with Crippen molar-refractivity contribution in [2.75, 3.05) is 39.0 Å². The fourth-order valence-electron chi connectivity index (χ4n) is 4.20. The average molecular weight is 575 g/mol. The van der Waals surface area contributed by atoms with Gasteiger partial charge in [0, 0.05) is 44.5 Å². The highest BCUT2D eigenvalue weighted by atomic mass is 32.2. The Morgan fingerprint density at radius 2 is 1.67 bits per heavy atom. The van der Waals surface area contributed by atoms with E-state index in [2.05, 4.69) is 9.71 Å². The average Bonchev–Trinajstić information content (AvgIpc) is 2.92. The predicted molar refractivity (Wildman–Crippen MR) is 145 cm³/mol. The number of sulfonamides is 2. The Hall–Kier alpha value is -3.36. The first-order valence-corrected chi connectivity index (χ1v) is 15.5. The lowest BCUT2D eigenvalue weighted by atomic mass is 10.1. The first kappa shape index (κ1) is 28.6. The standard InChI is InChI=1S/C26H30N4O7S2/c1-38(33,34)30-15-13-29(14-16-30)25(26(31)32)18-28-39(35,36)23-9-7-22(8-10-23)37-19-20-11-12-27-24(17-20)21-5-3-2-4-6-21/h2-12,17,25,28H,13-16,18-19H2,1H3,(H,31,32)/t25-/m0/s1. The number of rotatable bonds is 11. The third kappa shape index (κ3) is 7.61. The molecule has 1 saturated heterocycles. The number of benzene rings is 2. The number of aliphatic carboxylic acids is 1. The van der Waals surface area contributed by atoms with Crippen LogP contribution in [0, 0.1) is 0 Å². The van der Waals surface area contributed by atoms with Crippen molar-refractivity contribution >= 4 is 26.0 Å². The fraction of sp³-hybridized carbons (Fsp3) is 0.308. The lowest BCUT2D eigenvalue weighted by molar-refractivity contribution is -0.143. The van der Waals surface area contributed by atoms with Gasteiger partial charge in [-0.15, -0.1) is 0 Å². The number of nitrogens with zero attached hydrogens (tertiary/aromatic N) is 3. The lowest BCUT2D eigenvalue weighted by Gasteiger charge is -2.36. The van der Waals surface area contributed by atoms with E-state index in [9.17, 15) is 26.7 Å². The van der Waals surface area contributed by atoms with Crippen molar-refractivity contribution < 1.29 is 31.5 Å². The number of nitrogens with one attached hydrogen (secondary N) is 1. The van der Waals surface area contributed by atoms with Gasteiger partial charge in [0.1, 0.15) is 18.4 Å². The van der Waals surface area contributed by atoms with E-state index < -0.39 is 32.1 Å². The van der Waals surface area contributed by atoms with Crippen molar-refractivity contribution in [1.82, 2.24) is 18.9 Å². The monoisotopic (exact) mass is 574 g/mol. The van der Waals surface area contributed by atoms with Crippen LogP contribution in [0.4, 0.5) is 0 Å². The van der Waals surface area contributed by atoms with Gasteiger partial charge in [-0.3, -0.25) is 14.7 Å². The van der Waals surface area contributed by atoms with Crippen molar-refractivity contribution in [1.29, 1.82) is 0 Å². The normalized spacial score (nSPS) is 16.0. The summed E-state index contributed by atoms with van der Waals surface area (Å²) in [5.41, 5.74) is 2.71. The molecule has 13 heteroatoms. The number of pyridine rings is 1. The summed E-state index contributed by atoms with van der Waals surface area (Å²) < 4.78 is 58.5. The number of aromatic nitrogens is 1.